The number of carbonyl (C=O) groups is 1. The summed E-state index contributed by atoms with van der Waals surface area (Å²) in [5.74, 6) is -1.34. The number of phenols is 2. The highest BCUT2D eigenvalue weighted by Gasteiger charge is 2.12. The first-order chi connectivity index (χ1) is 12.9. The molecule has 3 rings (SSSR count). The number of benzene rings is 3. The third kappa shape index (κ3) is 4.71. The van der Waals surface area contributed by atoms with Gasteiger partial charge in [-0.05, 0) is 48.5 Å². The molecule has 0 bridgehead atoms. The Morgan fingerprint density at radius 1 is 0.889 bits per heavy atom. The molecular weight excluding hydrogens is 345 g/mol. The van der Waals surface area contributed by atoms with E-state index in [-0.39, 0.29) is 17.1 Å². The molecule has 4 nitrogen and oxygen atoms in total. The van der Waals surface area contributed by atoms with Crippen LogP contribution in [0.2, 0.25) is 0 Å². The quantitative estimate of drug-likeness (QED) is 0.646. The Hall–Kier alpha value is -3.18. The zero-order valence-electron chi connectivity index (χ0n) is 14.9. The Bertz CT molecular complexity index is 954. The van der Waals surface area contributed by atoms with Crippen LogP contribution in [0.1, 0.15) is 27.0 Å². The number of hydrogen-bond donors (Lipinski definition) is 2. The zero-order valence-corrected chi connectivity index (χ0v) is 14.9. The van der Waals surface area contributed by atoms with E-state index in [9.17, 15) is 19.4 Å². The van der Waals surface area contributed by atoms with Gasteiger partial charge in [-0.15, -0.1) is 0 Å². The van der Waals surface area contributed by atoms with Crippen LogP contribution in [0.25, 0.3) is 0 Å². The maximum atomic E-state index is 13.4. The lowest BCUT2D eigenvalue weighted by atomic mass is 10.0. The predicted octanol–water partition coefficient (Wildman–Crippen LogP) is 4.10. The number of ketones is 1. The van der Waals surface area contributed by atoms with E-state index < -0.39 is 11.6 Å². The Balaban J connectivity index is 1.65. The molecule has 3 aromatic carbocycles. The van der Waals surface area contributed by atoms with Crippen molar-refractivity contribution in [2.75, 3.05) is 7.05 Å². The third-order valence-corrected chi connectivity index (χ3v) is 4.24. The Labute approximate surface area is 157 Å². The molecule has 0 aliphatic heterocycles. The lowest BCUT2D eigenvalue weighted by Gasteiger charge is -2.17. The maximum Gasteiger partial charge on any atom is 0.193 e. The standard InChI is InChI=1S/C22H20FNO3/c1-24(14-16-3-2-4-19(25)11-16)13-15-5-7-17(8-6-15)22(27)18-9-10-21(26)20(23)12-18/h2-12,25-26H,13-14H2,1H3. The van der Waals surface area contributed by atoms with E-state index >= 15 is 0 Å². The van der Waals surface area contributed by atoms with Crippen molar-refractivity contribution in [3.05, 3.63) is 94.8 Å². The molecule has 0 fully saturated rings. The molecule has 0 heterocycles. The summed E-state index contributed by atoms with van der Waals surface area (Å²) in [6.07, 6.45) is 0. The lowest BCUT2D eigenvalue weighted by Crippen LogP contribution is -2.17. The lowest BCUT2D eigenvalue weighted by molar-refractivity contribution is 0.103. The normalized spacial score (nSPS) is 10.9. The van der Waals surface area contributed by atoms with Gasteiger partial charge in [0.1, 0.15) is 5.75 Å². The highest BCUT2D eigenvalue weighted by atomic mass is 19.1. The molecule has 0 aliphatic carbocycles. The minimum atomic E-state index is -0.814. The molecule has 2 N–H and O–H groups in total. The Morgan fingerprint density at radius 2 is 1.56 bits per heavy atom. The van der Waals surface area contributed by atoms with Gasteiger partial charge in [-0.2, -0.15) is 0 Å². The Morgan fingerprint density at radius 3 is 2.22 bits per heavy atom. The molecule has 5 heteroatoms. The fraction of sp³-hybridized carbons (Fsp3) is 0.136. The topological polar surface area (TPSA) is 60.8 Å². The van der Waals surface area contributed by atoms with E-state index in [0.29, 0.717) is 18.7 Å². The van der Waals surface area contributed by atoms with Crippen molar-refractivity contribution in [2.45, 2.75) is 13.1 Å². The van der Waals surface area contributed by atoms with Crippen molar-refractivity contribution >= 4 is 5.78 Å². The molecule has 138 valence electrons. The van der Waals surface area contributed by atoms with Crippen molar-refractivity contribution < 1.29 is 19.4 Å². The van der Waals surface area contributed by atoms with Gasteiger partial charge in [0.05, 0.1) is 0 Å². The summed E-state index contributed by atoms with van der Waals surface area (Å²) in [6, 6.07) is 17.9. The average Bonchev–Trinajstić information content (AvgIpc) is 2.64. The van der Waals surface area contributed by atoms with E-state index in [1.54, 1.807) is 24.3 Å². The van der Waals surface area contributed by atoms with Gasteiger partial charge in [0.15, 0.2) is 17.3 Å². The second kappa shape index (κ2) is 8.01. The van der Waals surface area contributed by atoms with Gasteiger partial charge in [0.25, 0.3) is 0 Å². The second-order valence-electron chi connectivity index (χ2n) is 6.53. The van der Waals surface area contributed by atoms with Gasteiger partial charge >= 0.3 is 0 Å². The number of halogens is 1. The highest BCUT2D eigenvalue weighted by molar-refractivity contribution is 6.09. The van der Waals surface area contributed by atoms with E-state index in [1.165, 1.54) is 12.1 Å². The summed E-state index contributed by atoms with van der Waals surface area (Å²) in [7, 11) is 1.97. The summed E-state index contributed by atoms with van der Waals surface area (Å²) in [5.41, 5.74) is 2.70. The molecule has 0 radical (unpaired) electrons. The molecule has 0 unspecified atom stereocenters. The molecule has 0 spiro atoms. The first kappa shape index (κ1) is 18.6. The molecule has 27 heavy (non-hydrogen) atoms. The monoisotopic (exact) mass is 365 g/mol. The van der Waals surface area contributed by atoms with Crippen LogP contribution in [0, 0.1) is 5.82 Å². The van der Waals surface area contributed by atoms with Crippen LogP contribution in [0.5, 0.6) is 11.5 Å². The van der Waals surface area contributed by atoms with Crippen molar-refractivity contribution in [1.82, 2.24) is 4.90 Å². The van der Waals surface area contributed by atoms with Crippen LogP contribution in [0.4, 0.5) is 4.39 Å². The largest absolute Gasteiger partial charge is 0.508 e. The van der Waals surface area contributed by atoms with Gasteiger partial charge in [0.2, 0.25) is 0 Å². The Kier molecular flexibility index (Phi) is 5.52. The summed E-state index contributed by atoms with van der Waals surface area (Å²) in [5, 5.41) is 18.8. The van der Waals surface area contributed by atoms with E-state index in [4.69, 9.17) is 0 Å². The minimum Gasteiger partial charge on any atom is -0.508 e. The van der Waals surface area contributed by atoms with Crippen LogP contribution < -0.4 is 0 Å². The van der Waals surface area contributed by atoms with Gasteiger partial charge in [-0.25, -0.2) is 4.39 Å². The van der Waals surface area contributed by atoms with Gasteiger partial charge in [-0.3, -0.25) is 9.69 Å². The van der Waals surface area contributed by atoms with Gasteiger partial charge in [-0.1, -0.05) is 36.4 Å². The van der Waals surface area contributed by atoms with E-state index in [0.717, 1.165) is 17.2 Å². The van der Waals surface area contributed by atoms with Crippen molar-refractivity contribution in [2.24, 2.45) is 0 Å². The summed E-state index contributed by atoms with van der Waals surface area (Å²) in [4.78, 5) is 14.5. The van der Waals surface area contributed by atoms with Gasteiger partial charge < -0.3 is 10.2 Å². The average molecular weight is 365 g/mol. The van der Waals surface area contributed by atoms with Crippen LogP contribution in [0.15, 0.2) is 66.7 Å². The molecular formula is C22H20FNO3. The fourth-order valence-corrected chi connectivity index (χ4v) is 2.91. The summed E-state index contributed by atoms with van der Waals surface area (Å²) >= 11 is 0. The predicted molar refractivity (Wildman–Crippen MR) is 101 cm³/mol. The number of hydrogen-bond acceptors (Lipinski definition) is 4. The first-order valence-corrected chi connectivity index (χ1v) is 8.51. The van der Waals surface area contributed by atoms with Crippen molar-refractivity contribution in [1.29, 1.82) is 0 Å². The molecule has 0 saturated carbocycles. The van der Waals surface area contributed by atoms with Crippen LogP contribution in [-0.2, 0) is 13.1 Å². The summed E-state index contributed by atoms with van der Waals surface area (Å²) in [6.45, 7) is 1.36. The number of phenolic OH excluding ortho intramolecular Hbond substituents is 2. The smallest absolute Gasteiger partial charge is 0.193 e. The molecule has 0 saturated heterocycles. The molecule has 0 amide bonds. The molecule has 0 aliphatic rings. The minimum absolute atomic E-state index is 0.194. The maximum absolute atomic E-state index is 13.4. The fourth-order valence-electron chi connectivity index (χ4n) is 2.91. The van der Waals surface area contributed by atoms with Gasteiger partial charge in [0, 0.05) is 24.2 Å². The van der Waals surface area contributed by atoms with E-state index in [2.05, 4.69) is 4.90 Å². The first-order valence-electron chi connectivity index (χ1n) is 8.51. The number of rotatable bonds is 6. The van der Waals surface area contributed by atoms with Crippen LogP contribution >= 0.6 is 0 Å². The third-order valence-electron chi connectivity index (χ3n) is 4.24. The van der Waals surface area contributed by atoms with E-state index in [1.807, 2.05) is 31.3 Å². The molecule has 3 aromatic rings. The molecule has 0 atom stereocenters. The SMILES string of the molecule is CN(Cc1ccc(C(=O)c2ccc(O)c(F)c2)cc1)Cc1cccc(O)c1. The van der Waals surface area contributed by atoms with Crippen LogP contribution in [0.3, 0.4) is 0 Å². The number of nitrogens with zero attached hydrogens (tertiary/aromatic N) is 1. The number of carbonyl (C=O) groups excluding carboxylic acids is 1. The van der Waals surface area contributed by atoms with Crippen LogP contribution in [-0.4, -0.2) is 27.9 Å². The molecule has 0 aromatic heterocycles. The number of aromatic hydroxyl groups is 2. The highest BCUT2D eigenvalue weighted by Crippen LogP contribution is 2.19. The zero-order chi connectivity index (χ0) is 19.4. The summed E-state index contributed by atoms with van der Waals surface area (Å²) < 4.78 is 13.4. The second-order valence-corrected chi connectivity index (χ2v) is 6.53. The van der Waals surface area contributed by atoms with Crippen molar-refractivity contribution in [3.8, 4) is 11.5 Å². The van der Waals surface area contributed by atoms with Crippen molar-refractivity contribution in [3.63, 3.8) is 0 Å².